The molecule has 0 saturated carbocycles. The van der Waals surface area contributed by atoms with Gasteiger partial charge >= 0.3 is 43.7 Å². The second-order valence-electron chi connectivity index (χ2n) is 3.08. The maximum atomic E-state index is 10.5. The molecule has 0 fully saturated rings. The molecule has 13 heavy (non-hydrogen) atoms. The second-order valence-corrected chi connectivity index (χ2v) is 3.08. The van der Waals surface area contributed by atoms with Gasteiger partial charge in [0, 0.05) is 0 Å². The van der Waals surface area contributed by atoms with Gasteiger partial charge in [0.2, 0.25) is 0 Å². The molecule has 2 nitrogen and oxygen atoms in total. The third-order valence-electron chi connectivity index (χ3n) is 1.82. The van der Waals surface area contributed by atoms with E-state index in [4.69, 9.17) is 5.11 Å². The van der Waals surface area contributed by atoms with Gasteiger partial charge in [-0.25, -0.2) is 4.79 Å². The Morgan fingerprint density at radius 3 is 2.08 bits per heavy atom. The van der Waals surface area contributed by atoms with Crippen molar-refractivity contribution >= 4 is 43.7 Å². The van der Waals surface area contributed by atoms with E-state index < -0.39 is 5.97 Å². The zero-order valence-electron chi connectivity index (χ0n) is 9.95. The van der Waals surface area contributed by atoms with Crippen LogP contribution in [-0.2, 0) is 0 Å². The first-order valence-corrected chi connectivity index (χ1v) is 3.94. The average Bonchev–Trinajstić information content (AvgIpc) is 2.04. The van der Waals surface area contributed by atoms with Gasteiger partial charge in [-0.05, 0) is 23.6 Å². The molecule has 3 heteroatoms. The standard InChI is InChI=1S/C10H12O2.Ca.2H/c1-7(2)8-3-5-9(6-4-8)10(11)12;;;/h3-7H,1-2H3,(H,11,12);;;/q;+2;2*-1. The molecule has 0 saturated heterocycles. The summed E-state index contributed by atoms with van der Waals surface area (Å²) in [5.41, 5.74) is 1.51. The summed E-state index contributed by atoms with van der Waals surface area (Å²) in [5.74, 6) is -0.418. The Morgan fingerprint density at radius 2 is 1.77 bits per heavy atom. The molecule has 1 aromatic rings. The number of rotatable bonds is 2. The summed E-state index contributed by atoms with van der Waals surface area (Å²) in [6, 6.07) is 6.98. The number of hydrogen-bond acceptors (Lipinski definition) is 1. The SMILES string of the molecule is CC(C)c1ccc(C(=O)O)cc1.[Ca+2].[H-].[H-]. The zero-order valence-corrected chi connectivity index (χ0v) is 10.2. The summed E-state index contributed by atoms with van der Waals surface area (Å²) >= 11 is 0. The van der Waals surface area contributed by atoms with Crippen LogP contribution in [0.25, 0.3) is 0 Å². The van der Waals surface area contributed by atoms with Crippen LogP contribution in [0.2, 0.25) is 0 Å². The molecule has 0 heterocycles. The van der Waals surface area contributed by atoms with Crippen LogP contribution < -0.4 is 0 Å². The number of benzene rings is 1. The van der Waals surface area contributed by atoms with Crippen molar-refractivity contribution in [3.05, 3.63) is 35.4 Å². The smallest absolute Gasteiger partial charge is 1.00 e. The summed E-state index contributed by atoms with van der Waals surface area (Å²) in [5, 5.41) is 8.61. The van der Waals surface area contributed by atoms with Gasteiger partial charge in [-0.1, -0.05) is 26.0 Å². The topological polar surface area (TPSA) is 37.3 Å². The first-order valence-electron chi connectivity index (χ1n) is 3.94. The van der Waals surface area contributed by atoms with Gasteiger partial charge in [-0.3, -0.25) is 0 Å². The second kappa shape index (κ2) is 5.63. The van der Waals surface area contributed by atoms with E-state index in [2.05, 4.69) is 13.8 Å². The predicted octanol–water partition coefficient (Wildman–Crippen LogP) is 2.35. The van der Waals surface area contributed by atoms with Crippen molar-refractivity contribution in [2.45, 2.75) is 19.8 Å². The van der Waals surface area contributed by atoms with Crippen LogP contribution in [0.5, 0.6) is 0 Å². The van der Waals surface area contributed by atoms with Crippen LogP contribution >= 0.6 is 0 Å². The minimum atomic E-state index is -0.870. The zero-order chi connectivity index (χ0) is 9.14. The van der Waals surface area contributed by atoms with E-state index in [-0.39, 0.29) is 40.6 Å². The fourth-order valence-electron chi connectivity index (χ4n) is 1.01. The van der Waals surface area contributed by atoms with Crippen LogP contribution in [-0.4, -0.2) is 48.8 Å². The molecule has 0 spiro atoms. The van der Waals surface area contributed by atoms with Crippen LogP contribution in [0.1, 0.15) is 38.5 Å². The Bertz CT molecular complexity index is 286. The third kappa shape index (κ3) is 3.67. The first kappa shape index (κ1) is 12.9. The fraction of sp³-hybridized carbons (Fsp3) is 0.300. The quantitative estimate of drug-likeness (QED) is 0.754. The Labute approximate surface area is 111 Å². The summed E-state index contributed by atoms with van der Waals surface area (Å²) in [6.45, 7) is 4.16. The van der Waals surface area contributed by atoms with Gasteiger partial charge in [-0.15, -0.1) is 0 Å². The van der Waals surface area contributed by atoms with Gasteiger partial charge in [-0.2, -0.15) is 0 Å². The molecule has 0 unspecified atom stereocenters. The number of carboxylic acid groups (broad SMARTS) is 1. The molecular weight excluding hydrogens is 192 g/mol. The monoisotopic (exact) mass is 206 g/mol. The molecule has 0 aliphatic heterocycles. The van der Waals surface area contributed by atoms with E-state index in [1.54, 1.807) is 12.1 Å². The van der Waals surface area contributed by atoms with Crippen molar-refractivity contribution < 1.29 is 12.8 Å². The molecule has 1 aromatic carbocycles. The van der Waals surface area contributed by atoms with E-state index in [9.17, 15) is 4.79 Å². The third-order valence-corrected chi connectivity index (χ3v) is 1.82. The Hall–Kier alpha value is -0.0503. The molecule has 0 aliphatic rings. The fourth-order valence-corrected chi connectivity index (χ4v) is 1.01. The van der Waals surface area contributed by atoms with Gasteiger partial charge in [0.25, 0.3) is 0 Å². The predicted molar refractivity (Wildman–Crippen MR) is 55.5 cm³/mol. The average molecular weight is 206 g/mol. The van der Waals surface area contributed by atoms with Crippen LogP contribution in [0.4, 0.5) is 0 Å². The van der Waals surface area contributed by atoms with Crippen molar-refractivity contribution in [3.63, 3.8) is 0 Å². The number of hydrogen-bond donors (Lipinski definition) is 1. The van der Waals surface area contributed by atoms with E-state index in [0.717, 1.165) is 0 Å². The van der Waals surface area contributed by atoms with E-state index in [1.165, 1.54) is 5.56 Å². The maximum Gasteiger partial charge on any atom is 2.00 e. The molecule has 0 bridgehead atoms. The number of carbonyl (C=O) groups is 1. The molecule has 0 atom stereocenters. The summed E-state index contributed by atoms with van der Waals surface area (Å²) in [6.07, 6.45) is 0. The van der Waals surface area contributed by atoms with Gasteiger partial charge in [0.05, 0.1) is 5.56 Å². The summed E-state index contributed by atoms with van der Waals surface area (Å²) < 4.78 is 0. The largest absolute Gasteiger partial charge is 2.00 e. The minimum absolute atomic E-state index is 0. The molecule has 0 aromatic heterocycles. The van der Waals surface area contributed by atoms with Crippen LogP contribution in [0.15, 0.2) is 24.3 Å². The van der Waals surface area contributed by atoms with Gasteiger partial charge in [0.1, 0.15) is 0 Å². The van der Waals surface area contributed by atoms with Crippen LogP contribution in [0.3, 0.4) is 0 Å². The first-order chi connectivity index (χ1) is 5.61. The molecule has 68 valence electrons. The molecule has 0 radical (unpaired) electrons. The molecule has 1 N–H and O–H groups in total. The number of aromatic carboxylic acids is 1. The van der Waals surface area contributed by atoms with Crippen molar-refractivity contribution in [2.24, 2.45) is 0 Å². The minimum Gasteiger partial charge on any atom is -1.00 e. The Balaban J connectivity index is -0.000000480. The summed E-state index contributed by atoms with van der Waals surface area (Å²) in [4.78, 5) is 10.5. The number of carboxylic acids is 1. The van der Waals surface area contributed by atoms with Crippen LogP contribution in [0, 0.1) is 0 Å². The molecular formula is C10H14CaO2. The van der Waals surface area contributed by atoms with E-state index >= 15 is 0 Å². The van der Waals surface area contributed by atoms with Gasteiger partial charge < -0.3 is 7.96 Å². The summed E-state index contributed by atoms with van der Waals surface area (Å²) in [7, 11) is 0. The van der Waals surface area contributed by atoms with Crippen molar-refractivity contribution in [2.75, 3.05) is 0 Å². The Morgan fingerprint density at radius 1 is 1.31 bits per heavy atom. The van der Waals surface area contributed by atoms with Crippen molar-refractivity contribution in [1.29, 1.82) is 0 Å². The molecule has 0 amide bonds. The van der Waals surface area contributed by atoms with E-state index in [0.29, 0.717) is 11.5 Å². The maximum absolute atomic E-state index is 10.5. The Kier molecular flexibility index (Phi) is 5.61. The van der Waals surface area contributed by atoms with Crippen molar-refractivity contribution in [3.8, 4) is 0 Å². The van der Waals surface area contributed by atoms with Crippen molar-refractivity contribution in [1.82, 2.24) is 0 Å². The molecule has 1 rings (SSSR count). The molecule has 0 aliphatic carbocycles. The van der Waals surface area contributed by atoms with Gasteiger partial charge in [0.15, 0.2) is 0 Å². The normalized spacial score (nSPS) is 9.46. The van der Waals surface area contributed by atoms with E-state index in [1.807, 2.05) is 12.1 Å².